The fourth-order valence-corrected chi connectivity index (χ4v) is 3.77. The first-order valence-corrected chi connectivity index (χ1v) is 10.4. The van der Waals surface area contributed by atoms with Crippen molar-refractivity contribution >= 4 is 11.9 Å². The summed E-state index contributed by atoms with van der Waals surface area (Å²) in [6.07, 6.45) is 1.57. The van der Waals surface area contributed by atoms with Crippen LogP contribution in [-0.4, -0.2) is 37.0 Å². The molecule has 0 aliphatic carbocycles. The van der Waals surface area contributed by atoms with Crippen molar-refractivity contribution in [2.45, 2.75) is 39.8 Å². The third kappa shape index (κ3) is 5.53. The highest BCUT2D eigenvalue weighted by Gasteiger charge is 2.39. The third-order valence-electron chi connectivity index (χ3n) is 5.68. The maximum absolute atomic E-state index is 12.9. The van der Waals surface area contributed by atoms with Crippen LogP contribution in [0.5, 0.6) is 5.75 Å². The van der Waals surface area contributed by atoms with Crippen molar-refractivity contribution in [3.63, 3.8) is 0 Å². The van der Waals surface area contributed by atoms with Crippen LogP contribution in [0.3, 0.4) is 0 Å². The van der Waals surface area contributed by atoms with Crippen LogP contribution in [0.1, 0.15) is 36.5 Å². The van der Waals surface area contributed by atoms with Crippen molar-refractivity contribution < 1.29 is 14.3 Å². The van der Waals surface area contributed by atoms with Gasteiger partial charge in [-0.25, -0.2) is 4.79 Å². The van der Waals surface area contributed by atoms with E-state index in [1.54, 1.807) is 12.0 Å². The summed E-state index contributed by atoms with van der Waals surface area (Å²) in [5, 5.41) is 6.01. The summed E-state index contributed by atoms with van der Waals surface area (Å²) in [7, 11) is 1.62. The summed E-state index contributed by atoms with van der Waals surface area (Å²) in [5.74, 6) is 0.739. The number of piperidine rings is 1. The highest BCUT2D eigenvalue weighted by atomic mass is 16.5. The number of rotatable bonds is 6. The molecule has 0 saturated carbocycles. The standard InChI is InChI=1S/C24H31N3O3/c1-18-8-10-19(11-9-18)15-26-23(29)27-13-5-12-24(2,17-27)22(28)25-16-20-6-4-7-21(14-20)30-3/h4,6-11,14H,5,12-13,15-17H2,1-3H3,(H,25,28)(H,26,29). The van der Waals surface area contributed by atoms with Gasteiger partial charge in [-0.15, -0.1) is 0 Å². The largest absolute Gasteiger partial charge is 0.497 e. The zero-order valence-electron chi connectivity index (χ0n) is 18.0. The molecule has 0 radical (unpaired) electrons. The molecule has 3 amide bonds. The second kappa shape index (κ2) is 9.65. The van der Waals surface area contributed by atoms with Gasteiger partial charge in [0.1, 0.15) is 5.75 Å². The molecule has 30 heavy (non-hydrogen) atoms. The highest BCUT2D eigenvalue weighted by molar-refractivity contribution is 5.84. The molecule has 6 heteroatoms. The van der Waals surface area contributed by atoms with Gasteiger partial charge in [-0.3, -0.25) is 4.79 Å². The normalized spacial score (nSPS) is 18.6. The monoisotopic (exact) mass is 409 g/mol. The Labute approximate surface area is 178 Å². The van der Waals surface area contributed by atoms with Gasteiger partial charge in [0, 0.05) is 26.2 Å². The molecule has 0 aromatic heterocycles. The van der Waals surface area contributed by atoms with E-state index >= 15 is 0 Å². The Balaban J connectivity index is 1.54. The lowest BCUT2D eigenvalue weighted by molar-refractivity contribution is -0.132. The molecule has 2 N–H and O–H groups in total. The number of aryl methyl sites for hydroxylation is 1. The fourth-order valence-electron chi connectivity index (χ4n) is 3.77. The number of methoxy groups -OCH3 is 1. The molecule has 6 nitrogen and oxygen atoms in total. The quantitative estimate of drug-likeness (QED) is 0.765. The molecule has 3 rings (SSSR count). The number of nitrogens with one attached hydrogen (secondary N) is 2. The minimum atomic E-state index is -0.599. The van der Waals surface area contributed by atoms with Gasteiger partial charge >= 0.3 is 6.03 Å². The van der Waals surface area contributed by atoms with E-state index in [4.69, 9.17) is 4.74 Å². The number of carbonyl (C=O) groups excluding carboxylic acids is 2. The molecule has 1 saturated heterocycles. The van der Waals surface area contributed by atoms with Crippen molar-refractivity contribution in [3.05, 3.63) is 65.2 Å². The van der Waals surface area contributed by atoms with E-state index in [1.165, 1.54) is 5.56 Å². The average molecular weight is 410 g/mol. The van der Waals surface area contributed by atoms with Gasteiger partial charge in [-0.05, 0) is 49.9 Å². The molecule has 2 aromatic carbocycles. The lowest BCUT2D eigenvalue weighted by atomic mass is 9.81. The molecule has 1 aliphatic rings. The van der Waals surface area contributed by atoms with E-state index in [0.29, 0.717) is 26.2 Å². The van der Waals surface area contributed by atoms with Gasteiger partial charge in [-0.2, -0.15) is 0 Å². The first-order chi connectivity index (χ1) is 14.4. The topological polar surface area (TPSA) is 70.7 Å². The molecule has 1 aliphatic heterocycles. The van der Waals surface area contributed by atoms with Crippen LogP contribution in [0.15, 0.2) is 48.5 Å². The van der Waals surface area contributed by atoms with Crippen molar-refractivity contribution in [1.29, 1.82) is 0 Å². The lowest BCUT2D eigenvalue weighted by Crippen LogP contribution is -2.53. The Morgan fingerprint density at radius 1 is 1.07 bits per heavy atom. The molecule has 2 aromatic rings. The lowest BCUT2D eigenvalue weighted by Gasteiger charge is -2.39. The second-order valence-electron chi connectivity index (χ2n) is 8.26. The van der Waals surface area contributed by atoms with E-state index in [0.717, 1.165) is 29.7 Å². The van der Waals surface area contributed by atoms with Crippen molar-refractivity contribution in [2.75, 3.05) is 20.2 Å². The van der Waals surface area contributed by atoms with E-state index in [1.807, 2.05) is 62.4 Å². The highest BCUT2D eigenvalue weighted by Crippen LogP contribution is 2.30. The Hall–Kier alpha value is -3.02. The fraction of sp³-hybridized carbons (Fsp3) is 0.417. The summed E-state index contributed by atoms with van der Waals surface area (Å²) in [4.78, 5) is 27.3. The van der Waals surface area contributed by atoms with Crippen LogP contribution in [0.2, 0.25) is 0 Å². The summed E-state index contributed by atoms with van der Waals surface area (Å²) < 4.78 is 5.24. The molecule has 0 bridgehead atoms. The van der Waals surface area contributed by atoms with E-state index < -0.39 is 5.41 Å². The van der Waals surface area contributed by atoms with Crippen molar-refractivity contribution in [1.82, 2.24) is 15.5 Å². The van der Waals surface area contributed by atoms with Gasteiger partial charge in [0.05, 0.1) is 12.5 Å². The van der Waals surface area contributed by atoms with E-state index in [9.17, 15) is 9.59 Å². The Kier molecular flexibility index (Phi) is 6.98. The summed E-state index contributed by atoms with van der Waals surface area (Å²) in [6.45, 7) is 5.97. The third-order valence-corrected chi connectivity index (χ3v) is 5.68. The minimum Gasteiger partial charge on any atom is -0.497 e. The minimum absolute atomic E-state index is 0.0265. The predicted molar refractivity (Wildman–Crippen MR) is 117 cm³/mol. The smallest absolute Gasteiger partial charge is 0.317 e. The van der Waals surface area contributed by atoms with Crippen LogP contribution in [0, 0.1) is 12.3 Å². The summed E-state index contributed by atoms with van der Waals surface area (Å²) in [5.41, 5.74) is 2.63. The average Bonchev–Trinajstić information content (AvgIpc) is 2.77. The summed E-state index contributed by atoms with van der Waals surface area (Å²) >= 11 is 0. The maximum Gasteiger partial charge on any atom is 0.317 e. The number of amides is 3. The van der Waals surface area contributed by atoms with Crippen LogP contribution >= 0.6 is 0 Å². The Morgan fingerprint density at radius 2 is 1.80 bits per heavy atom. The van der Waals surface area contributed by atoms with Crippen LogP contribution < -0.4 is 15.4 Å². The molecule has 160 valence electrons. The Bertz CT molecular complexity index is 882. The van der Waals surface area contributed by atoms with Crippen LogP contribution in [0.25, 0.3) is 0 Å². The molecular weight excluding hydrogens is 378 g/mol. The van der Waals surface area contributed by atoms with Gasteiger partial charge in [0.2, 0.25) is 5.91 Å². The first kappa shape index (κ1) is 21.7. The number of likely N-dealkylation sites (tertiary alicyclic amines) is 1. The van der Waals surface area contributed by atoms with Crippen LogP contribution in [-0.2, 0) is 17.9 Å². The van der Waals surface area contributed by atoms with E-state index in [2.05, 4.69) is 10.6 Å². The molecule has 1 unspecified atom stereocenters. The molecule has 0 spiro atoms. The number of benzene rings is 2. The molecular formula is C24H31N3O3. The number of ether oxygens (including phenoxy) is 1. The second-order valence-corrected chi connectivity index (χ2v) is 8.26. The van der Waals surface area contributed by atoms with Crippen LogP contribution in [0.4, 0.5) is 4.79 Å². The Morgan fingerprint density at radius 3 is 2.53 bits per heavy atom. The van der Waals surface area contributed by atoms with Crippen molar-refractivity contribution in [2.24, 2.45) is 5.41 Å². The zero-order chi connectivity index (χ0) is 21.6. The summed E-state index contributed by atoms with van der Waals surface area (Å²) in [6, 6.07) is 15.6. The number of hydrogen-bond acceptors (Lipinski definition) is 3. The molecule has 1 heterocycles. The van der Waals surface area contributed by atoms with Gasteiger partial charge in [0.15, 0.2) is 0 Å². The number of urea groups is 1. The zero-order valence-corrected chi connectivity index (χ0v) is 18.0. The first-order valence-electron chi connectivity index (χ1n) is 10.4. The predicted octanol–water partition coefficient (Wildman–Crippen LogP) is 3.63. The number of nitrogens with zero attached hydrogens (tertiary/aromatic N) is 1. The maximum atomic E-state index is 12.9. The van der Waals surface area contributed by atoms with Gasteiger partial charge in [-0.1, -0.05) is 42.0 Å². The number of carbonyl (C=O) groups is 2. The number of hydrogen-bond donors (Lipinski definition) is 2. The van der Waals surface area contributed by atoms with Gasteiger partial charge in [0.25, 0.3) is 0 Å². The molecule has 1 atom stereocenters. The van der Waals surface area contributed by atoms with Gasteiger partial charge < -0.3 is 20.3 Å². The van der Waals surface area contributed by atoms with E-state index in [-0.39, 0.29) is 11.9 Å². The SMILES string of the molecule is COc1cccc(CNC(=O)C2(C)CCCN(C(=O)NCc3ccc(C)cc3)C2)c1. The molecule has 1 fully saturated rings. The van der Waals surface area contributed by atoms with Crippen molar-refractivity contribution in [3.8, 4) is 5.75 Å².